The van der Waals surface area contributed by atoms with E-state index in [1.807, 2.05) is 0 Å². The van der Waals surface area contributed by atoms with Crippen LogP contribution >= 0.6 is 11.8 Å². The Kier molecular flexibility index (Phi) is 3.28. The molecule has 0 atom stereocenters. The number of non-ortho nitro benzene ring substituents is 1. The molecule has 8 heteroatoms. The molecule has 0 aliphatic carbocycles. The van der Waals surface area contributed by atoms with E-state index in [4.69, 9.17) is 0 Å². The molecule has 0 unspecified atom stereocenters. The van der Waals surface area contributed by atoms with Crippen LogP contribution in [0.2, 0.25) is 0 Å². The van der Waals surface area contributed by atoms with Crippen molar-refractivity contribution in [2.24, 2.45) is 0 Å². The van der Waals surface area contributed by atoms with Gasteiger partial charge in [0.25, 0.3) is 5.69 Å². The van der Waals surface area contributed by atoms with Crippen molar-refractivity contribution in [3.05, 3.63) is 56.6 Å². The molecule has 1 N–H and O–H groups in total. The highest BCUT2D eigenvalue weighted by atomic mass is 32.2. The molecule has 1 heterocycles. The van der Waals surface area contributed by atoms with E-state index >= 15 is 0 Å². The van der Waals surface area contributed by atoms with Gasteiger partial charge >= 0.3 is 5.82 Å². The monoisotopic (exact) mass is 265 g/mol. The van der Waals surface area contributed by atoms with Crippen LogP contribution in [0.4, 0.5) is 11.5 Å². The zero-order valence-electron chi connectivity index (χ0n) is 8.90. The molecule has 0 saturated carbocycles. The molecular weight excluding hydrogens is 258 g/mol. The van der Waals surface area contributed by atoms with Crippen LogP contribution in [0.15, 0.2) is 46.3 Å². The maximum Gasteiger partial charge on any atom is 0.321 e. The highest BCUT2D eigenvalue weighted by Gasteiger charge is 2.10. The zero-order chi connectivity index (χ0) is 13.1. The van der Waals surface area contributed by atoms with Crippen LogP contribution in [-0.4, -0.2) is 14.8 Å². The van der Waals surface area contributed by atoms with Crippen molar-refractivity contribution in [2.75, 3.05) is 0 Å². The zero-order valence-corrected chi connectivity index (χ0v) is 9.72. The van der Waals surface area contributed by atoms with Gasteiger partial charge in [-0.25, -0.2) is 4.98 Å². The van der Waals surface area contributed by atoms with E-state index in [0.717, 1.165) is 4.90 Å². The minimum atomic E-state index is -0.514. The summed E-state index contributed by atoms with van der Waals surface area (Å²) in [6.45, 7) is 0. The summed E-state index contributed by atoms with van der Waals surface area (Å²) in [5.74, 6) is -0.0839. The first-order valence-corrected chi connectivity index (χ1v) is 5.63. The lowest BCUT2D eigenvalue weighted by Gasteiger charge is -1.96. The predicted molar refractivity (Wildman–Crippen MR) is 64.7 cm³/mol. The van der Waals surface area contributed by atoms with Crippen molar-refractivity contribution >= 4 is 23.3 Å². The van der Waals surface area contributed by atoms with Crippen molar-refractivity contribution in [1.29, 1.82) is 0 Å². The van der Waals surface area contributed by atoms with Crippen molar-refractivity contribution < 1.29 is 9.85 Å². The number of hydrogen-bond acceptors (Lipinski definition) is 5. The smallest absolute Gasteiger partial charge is 0.321 e. The molecule has 1 aromatic carbocycles. The number of nitrogens with one attached hydrogen (secondary N) is 1. The van der Waals surface area contributed by atoms with Crippen LogP contribution in [0, 0.1) is 20.2 Å². The fourth-order valence-corrected chi connectivity index (χ4v) is 2.11. The molecule has 0 bridgehead atoms. The second-order valence-electron chi connectivity index (χ2n) is 3.32. The molecule has 18 heavy (non-hydrogen) atoms. The Labute approximate surface area is 105 Å². The Morgan fingerprint density at radius 3 is 2.11 bits per heavy atom. The van der Waals surface area contributed by atoms with Crippen LogP contribution in [0.1, 0.15) is 0 Å². The van der Waals surface area contributed by atoms with Gasteiger partial charge in [0, 0.05) is 29.2 Å². The average Bonchev–Trinajstić information content (AvgIpc) is 2.78. The maximum atomic E-state index is 10.5. The quantitative estimate of drug-likeness (QED) is 0.676. The van der Waals surface area contributed by atoms with E-state index < -0.39 is 9.85 Å². The molecule has 7 nitrogen and oxygen atoms in total. The third kappa shape index (κ3) is 2.66. The third-order valence-electron chi connectivity index (χ3n) is 2.12. The lowest BCUT2D eigenvalue weighted by Crippen LogP contribution is -1.87. The molecule has 2 aromatic rings. The summed E-state index contributed by atoms with van der Waals surface area (Å²) in [4.78, 5) is 23.3. The van der Waals surface area contributed by atoms with Gasteiger partial charge in [0.1, 0.15) is 0 Å². The van der Waals surface area contributed by atoms with Gasteiger partial charge in [-0.3, -0.25) is 10.1 Å². The van der Waals surface area contributed by atoms with E-state index in [2.05, 4.69) is 4.98 Å². The molecule has 0 saturated heterocycles. The second-order valence-corrected chi connectivity index (χ2v) is 4.43. The Bertz CT molecular complexity index is 593. The number of nitro benzene ring substituents is 1. The molecule has 0 spiro atoms. The highest BCUT2D eigenvalue weighted by Crippen LogP contribution is 2.29. The van der Waals surface area contributed by atoms with Crippen molar-refractivity contribution in [3.63, 3.8) is 0 Å². The first kappa shape index (κ1) is 12.1. The standard InChI is InChI=1S/C10H7N3O4S/c14-12(15)7-1-3-8(4-2-7)18-10-6-5-9(11-10)13(16)17/h1-6,11H. The molecule has 0 amide bonds. The summed E-state index contributed by atoms with van der Waals surface area (Å²) >= 11 is 1.26. The fraction of sp³-hybridized carbons (Fsp3) is 0. The van der Waals surface area contributed by atoms with Gasteiger partial charge in [-0.15, -0.1) is 0 Å². The molecule has 0 aliphatic rings. The summed E-state index contributed by atoms with van der Waals surface area (Å²) < 4.78 is 0. The molecule has 0 fully saturated rings. The van der Waals surface area contributed by atoms with Gasteiger partial charge < -0.3 is 10.1 Å². The second kappa shape index (κ2) is 4.88. The lowest BCUT2D eigenvalue weighted by atomic mass is 10.3. The molecular formula is C10H7N3O4S. The van der Waals surface area contributed by atoms with Crippen molar-refractivity contribution in [3.8, 4) is 0 Å². The molecule has 92 valence electrons. The Balaban J connectivity index is 2.13. The number of benzene rings is 1. The lowest BCUT2D eigenvalue weighted by molar-refractivity contribution is -0.389. The van der Waals surface area contributed by atoms with Crippen LogP contribution in [0.25, 0.3) is 0 Å². The fourth-order valence-electron chi connectivity index (χ4n) is 1.29. The minimum absolute atomic E-state index is 0.0109. The normalized spacial score (nSPS) is 10.2. The van der Waals surface area contributed by atoms with Crippen molar-refractivity contribution in [2.45, 2.75) is 9.92 Å². The van der Waals surface area contributed by atoms with Gasteiger partial charge in [-0.1, -0.05) is 0 Å². The van der Waals surface area contributed by atoms with Gasteiger partial charge in [0.05, 0.1) is 4.92 Å². The summed E-state index contributed by atoms with van der Waals surface area (Å²) in [5.41, 5.74) is 0.0109. The van der Waals surface area contributed by atoms with Gasteiger partial charge in [-0.2, -0.15) is 0 Å². The molecule has 0 aliphatic heterocycles. The predicted octanol–water partition coefficient (Wildman–Crippen LogP) is 2.98. The molecule has 1 aromatic heterocycles. The van der Waals surface area contributed by atoms with Crippen LogP contribution in [0.3, 0.4) is 0 Å². The number of aromatic amines is 1. The average molecular weight is 265 g/mol. The number of hydrogen-bond donors (Lipinski definition) is 1. The number of aromatic nitrogens is 1. The van der Waals surface area contributed by atoms with Gasteiger partial charge in [0.2, 0.25) is 0 Å². The number of rotatable bonds is 4. The van der Waals surface area contributed by atoms with Crippen LogP contribution in [-0.2, 0) is 0 Å². The summed E-state index contributed by atoms with van der Waals surface area (Å²) in [7, 11) is 0. The SMILES string of the molecule is O=[N+]([O-])c1ccc(Sc2ccc([N+](=O)[O-])[nH]2)cc1. The largest absolute Gasteiger partial charge is 0.358 e. The van der Waals surface area contributed by atoms with E-state index in [9.17, 15) is 20.2 Å². The van der Waals surface area contributed by atoms with Gasteiger partial charge in [-0.05, 0) is 28.8 Å². The molecule has 2 rings (SSSR count). The number of H-pyrrole nitrogens is 1. The van der Waals surface area contributed by atoms with E-state index in [-0.39, 0.29) is 11.5 Å². The minimum Gasteiger partial charge on any atom is -0.358 e. The Hall–Kier alpha value is -2.35. The highest BCUT2D eigenvalue weighted by molar-refractivity contribution is 7.99. The third-order valence-corrected chi connectivity index (χ3v) is 3.08. The van der Waals surface area contributed by atoms with Crippen LogP contribution < -0.4 is 0 Å². The summed E-state index contributed by atoms with van der Waals surface area (Å²) in [5, 5.41) is 21.5. The van der Waals surface area contributed by atoms with Crippen LogP contribution in [0.5, 0.6) is 0 Å². The Morgan fingerprint density at radius 1 is 0.944 bits per heavy atom. The first-order chi connectivity index (χ1) is 8.56. The topological polar surface area (TPSA) is 102 Å². The number of nitro groups is 2. The van der Waals surface area contributed by atoms with E-state index in [1.54, 1.807) is 18.2 Å². The Morgan fingerprint density at radius 2 is 1.61 bits per heavy atom. The van der Waals surface area contributed by atoms with E-state index in [1.165, 1.54) is 30.0 Å². The van der Waals surface area contributed by atoms with Gasteiger partial charge in [0.15, 0.2) is 5.03 Å². The number of nitrogens with zero attached hydrogens (tertiary/aromatic N) is 2. The van der Waals surface area contributed by atoms with Crippen molar-refractivity contribution in [1.82, 2.24) is 4.98 Å². The summed E-state index contributed by atoms with van der Waals surface area (Å²) in [6, 6.07) is 8.92. The summed E-state index contributed by atoms with van der Waals surface area (Å²) in [6.07, 6.45) is 0. The van der Waals surface area contributed by atoms with E-state index in [0.29, 0.717) is 5.03 Å². The molecule has 0 radical (unpaired) electrons. The maximum absolute atomic E-state index is 10.5. The first-order valence-electron chi connectivity index (χ1n) is 4.82.